The van der Waals surface area contributed by atoms with Gasteiger partial charge in [0, 0.05) is 23.6 Å². The molecule has 1 aromatic carbocycles. The number of esters is 1. The standard InChI is InChI=1S/C19H24N2O3/c1-5-15-9-7-8-10-17(15)20-18(22)12-24-19(23)16-11-13(3)21(6-2)14(16)4/h7-11H,5-6,12H2,1-4H3,(H,20,22). The highest BCUT2D eigenvalue weighted by Gasteiger charge is 2.17. The normalized spacial score (nSPS) is 10.5. The largest absolute Gasteiger partial charge is 0.452 e. The van der Waals surface area contributed by atoms with Crippen molar-refractivity contribution in [2.45, 2.75) is 40.7 Å². The van der Waals surface area contributed by atoms with E-state index in [-0.39, 0.29) is 12.5 Å². The van der Waals surface area contributed by atoms with Crippen molar-refractivity contribution in [2.75, 3.05) is 11.9 Å². The van der Waals surface area contributed by atoms with Gasteiger partial charge >= 0.3 is 5.97 Å². The Balaban J connectivity index is 1.98. The predicted octanol–water partition coefficient (Wildman–Crippen LogP) is 3.48. The maximum absolute atomic E-state index is 12.2. The second-order valence-corrected chi connectivity index (χ2v) is 5.66. The number of nitrogens with zero attached hydrogens (tertiary/aromatic N) is 1. The van der Waals surface area contributed by atoms with Crippen LogP contribution >= 0.6 is 0 Å². The highest BCUT2D eigenvalue weighted by molar-refractivity contribution is 5.96. The van der Waals surface area contributed by atoms with Crippen LogP contribution in [-0.2, 0) is 22.5 Å². The van der Waals surface area contributed by atoms with Crippen LogP contribution < -0.4 is 5.32 Å². The topological polar surface area (TPSA) is 60.3 Å². The summed E-state index contributed by atoms with van der Waals surface area (Å²) in [5, 5.41) is 2.79. The lowest BCUT2D eigenvalue weighted by Gasteiger charge is -2.10. The molecule has 1 N–H and O–H groups in total. The summed E-state index contributed by atoms with van der Waals surface area (Å²) in [6.45, 7) is 8.36. The zero-order valence-corrected chi connectivity index (χ0v) is 14.7. The molecular formula is C19H24N2O3. The number of carbonyl (C=O) groups is 2. The zero-order chi connectivity index (χ0) is 17.7. The van der Waals surface area contributed by atoms with Gasteiger partial charge in [-0.3, -0.25) is 4.79 Å². The van der Waals surface area contributed by atoms with Crippen LogP contribution in [0.4, 0.5) is 5.69 Å². The summed E-state index contributed by atoms with van der Waals surface area (Å²) in [6, 6.07) is 9.39. The number of ether oxygens (including phenoxy) is 1. The van der Waals surface area contributed by atoms with E-state index in [9.17, 15) is 9.59 Å². The maximum atomic E-state index is 12.2. The van der Waals surface area contributed by atoms with Crippen LogP contribution in [0.2, 0.25) is 0 Å². The average Bonchev–Trinajstić information content (AvgIpc) is 2.87. The first-order valence-electron chi connectivity index (χ1n) is 8.19. The monoisotopic (exact) mass is 328 g/mol. The number of nitrogens with one attached hydrogen (secondary N) is 1. The number of aromatic nitrogens is 1. The number of aryl methyl sites for hydroxylation is 2. The first kappa shape index (κ1) is 17.8. The molecule has 24 heavy (non-hydrogen) atoms. The summed E-state index contributed by atoms with van der Waals surface area (Å²) in [7, 11) is 0. The molecule has 0 radical (unpaired) electrons. The van der Waals surface area contributed by atoms with Crippen LogP contribution in [0.15, 0.2) is 30.3 Å². The third-order valence-electron chi connectivity index (χ3n) is 4.12. The molecule has 0 aliphatic carbocycles. The van der Waals surface area contributed by atoms with E-state index in [4.69, 9.17) is 4.74 Å². The van der Waals surface area contributed by atoms with Crippen LogP contribution in [0.25, 0.3) is 0 Å². The van der Waals surface area contributed by atoms with E-state index >= 15 is 0 Å². The summed E-state index contributed by atoms with van der Waals surface area (Å²) in [5.41, 5.74) is 4.17. The van der Waals surface area contributed by atoms with Crippen molar-refractivity contribution in [2.24, 2.45) is 0 Å². The van der Waals surface area contributed by atoms with Crippen molar-refractivity contribution < 1.29 is 14.3 Å². The molecule has 0 fully saturated rings. The zero-order valence-electron chi connectivity index (χ0n) is 14.7. The Bertz CT molecular complexity index is 747. The van der Waals surface area contributed by atoms with Gasteiger partial charge < -0.3 is 14.6 Å². The quantitative estimate of drug-likeness (QED) is 0.826. The van der Waals surface area contributed by atoms with E-state index in [0.717, 1.165) is 35.6 Å². The molecule has 2 rings (SSSR count). The van der Waals surface area contributed by atoms with Gasteiger partial charge in [0.2, 0.25) is 0 Å². The number of benzene rings is 1. The van der Waals surface area contributed by atoms with Gasteiger partial charge in [-0.2, -0.15) is 0 Å². The minimum atomic E-state index is -0.471. The minimum absolute atomic E-state index is 0.299. The van der Waals surface area contributed by atoms with Gasteiger partial charge in [0.1, 0.15) is 0 Å². The first-order chi connectivity index (χ1) is 11.5. The lowest BCUT2D eigenvalue weighted by atomic mass is 10.1. The molecule has 2 aromatic rings. The fourth-order valence-corrected chi connectivity index (χ4v) is 2.84. The Labute approximate surface area is 142 Å². The van der Waals surface area contributed by atoms with E-state index in [1.54, 1.807) is 6.07 Å². The van der Waals surface area contributed by atoms with Gasteiger partial charge in [-0.05, 0) is 44.9 Å². The Morgan fingerprint density at radius 2 is 1.88 bits per heavy atom. The van der Waals surface area contributed by atoms with Gasteiger partial charge in [-0.1, -0.05) is 25.1 Å². The summed E-state index contributed by atoms with van der Waals surface area (Å²) < 4.78 is 7.20. The molecule has 1 heterocycles. The number of rotatable bonds is 6. The van der Waals surface area contributed by atoms with Crippen molar-refractivity contribution in [3.05, 3.63) is 52.8 Å². The van der Waals surface area contributed by atoms with Crippen LogP contribution in [0, 0.1) is 13.8 Å². The predicted molar refractivity (Wildman–Crippen MR) is 94.3 cm³/mol. The second kappa shape index (κ2) is 7.81. The van der Waals surface area contributed by atoms with E-state index in [1.165, 1.54) is 0 Å². The fraction of sp³-hybridized carbons (Fsp3) is 0.368. The molecule has 1 amide bonds. The molecule has 0 spiro atoms. The second-order valence-electron chi connectivity index (χ2n) is 5.66. The van der Waals surface area contributed by atoms with E-state index in [2.05, 4.69) is 5.32 Å². The molecular weight excluding hydrogens is 304 g/mol. The van der Waals surface area contributed by atoms with Crippen molar-refractivity contribution in [3.63, 3.8) is 0 Å². The number of amides is 1. The molecule has 0 atom stereocenters. The van der Waals surface area contributed by atoms with Crippen molar-refractivity contribution in [1.29, 1.82) is 0 Å². The summed E-state index contributed by atoms with van der Waals surface area (Å²) in [6.07, 6.45) is 0.819. The SMILES string of the molecule is CCc1ccccc1NC(=O)COC(=O)c1cc(C)n(CC)c1C. The maximum Gasteiger partial charge on any atom is 0.340 e. The highest BCUT2D eigenvalue weighted by atomic mass is 16.5. The Morgan fingerprint density at radius 1 is 1.17 bits per heavy atom. The lowest BCUT2D eigenvalue weighted by molar-refractivity contribution is -0.119. The van der Waals surface area contributed by atoms with E-state index in [0.29, 0.717) is 5.56 Å². The van der Waals surface area contributed by atoms with Crippen LogP contribution in [-0.4, -0.2) is 23.1 Å². The molecule has 0 saturated heterocycles. The van der Waals surface area contributed by atoms with E-state index in [1.807, 2.05) is 56.5 Å². The number of para-hydroxylation sites is 1. The minimum Gasteiger partial charge on any atom is -0.452 e. The van der Waals surface area contributed by atoms with Gasteiger partial charge in [-0.25, -0.2) is 4.79 Å². The molecule has 0 unspecified atom stereocenters. The third-order valence-corrected chi connectivity index (χ3v) is 4.12. The van der Waals surface area contributed by atoms with Crippen molar-refractivity contribution >= 4 is 17.6 Å². The fourth-order valence-electron chi connectivity index (χ4n) is 2.84. The van der Waals surface area contributed by atoms with Crippen LogP contribution in [0.3, 0.4) is 0 Å². The molecule has 0 aliphatic rings. The number of hydrogen-bond donors (Lipinski definition) is 1. The Kier molecular flexibility index (Phi) is 5.79. The highest BCUT2D eigenvalue weighted by Crippen LogP contribution is 2.17. The number of carbonyl (C=O) groups excluding carboxylic acids is 2. The molecule has 128 valence electrons. The van der Waals surface area contributed by atoms with Gasteiger partial charge in [-0.15, -0.1) is 0 Å². The smallest absolute Gasteiger partial charge is 0.340 e. The van der Waals surface area contributed by atoms with Crippen molar-refractivity contribution in [1.82, 2.24) is 4.57 Å². The van der Waals surface area contributed by atoms with Gasteiger partial charge in [0.25, 0.3) is 5.91 Å². The number of anilines is 1. The first-order valence-corrected chi connectivity index (χ1v) is 8.19. The van der Waals surface area contributed by atoms with Gasteiger partial charge in [0.05, 0.1) is 5.56 Å². The molecule has 0 saturated carbocycles. The summed E-state index contributed by atoms with van der Waals surface area (Å²) in [5.74, 6) is -0.810. The van der Waals surface area contributed by atoms with Crippen LogP contribution in [0.5, 0.6) is 0 Å². The van der Waals surface area contributed by atoms with Crippen LogP contribution in [0.1, 0.15) is 41.2 Å². The molecule has 0 aliphatic heterocycles. The number of hydrogen-bond acceptors (Lipinski definition) is 3. The Hall–Kier alpha value is -2.56. The Morgan fingerprint density at radius 3 is 2.50 bits per heavy atom. The lowest BCUT2D eigenvalue weighted by Crippen LogP contribution is -2.21. The average molecular weight is 328 g/mol. The van der Waals surface area contributed by atoms with E-state index < -0.39 is 5.97 Å². The third kappa shape index (κ3) is 3.85. The molecule has 5 nitrogen and oxygen atoms in total. The molecule has 0 bridgehead atoms. The summed E-state index contributed by atoms with van der Waals surface area (Å²) in [4.78, 5) is 24.2. The van der Waals surface area contributed by atoms with Crippen molar-refractivity contribution in [3.8, 4) is 0 Å². The summed E-state index contributed by atoms with van der Waals surface area (Å²) >= 11 is 0. The molecule has 5 heteroatoms. The van der Waals surface area contributed by atoms with Gasteiger partial charge in [0.15, 0.2) is 6.61 Å². The molecule has 1 aromatic heterocycles.